The van der Waals surface area contributed by atoms with Crippen LogP contribution in [-0.4, -0.2) is 17.4 Å². The highest BCUT2D eigenvalue weighted by Gasteiger charge is 2.22. The Balaban J connectivity index is 2.30. The van der Waals surface area contributed by atoms with Crippen molar-refractivity contribution < 1.29 is 5.11 Å². The van der Waals surface area contributed by atoms with E-state index in [1.807, 2.05) is 17.8 Å². The van der Waals surface area contributed by atoms with Crippen molar-refractivity contribution in [1.29, 1.82) is 0 Å². The third kappa shape index (κ3) is 1.98. The summed E-state index contributed by atoms with van der Waals surface area (Å²) in [4.78, 5) is 1.23. The average Bonchev–Trinajstić information content (AvgIpc) is 2.26. The van der Waals surface area contributed by atoms with Crippen LogP contribution in [0, 0.1) is 5.41 Å². The van der Waals surface area contributed by atoms with E-state index in [0.717, 1.165) is 18.0 Å². The fraction of sp³-hybridized carbons (Fsp3) is 0.455. The lowest BCUT2D eigenvalue weighted by Gasteiger charge is -2.21. The smallest absolute Gasteiger partial charge is 0.117 e. The van der Waals surface area contributed by atoms with Gasteiger partial charge in [-0.3, -0.25) is 0 Å². The molecule has 1 aromatic rings. The molecule has 1 heterocycles. The van der Waals surface area contributed by atoms with Crippen molar-refractivity contribution >= 4 is 17.4 Å². The summed E-state index contributed by atoms with van der Waals surface area (Å²) >= 11 is 1.85. The summed E-state index contributed by atoms with van der Waals surface area (Å²) in [6.07, 6.45) is 0. The predicted molar refractivity (Wildman–Crippen MR) is 61.1 cm³/mol. The van der Waals surface area contributed by atoms with Crippen molar-refractivity contribution in [3.63, 3.8) is 0 Å². The second-order valence-corrected chi connectivity index (χ2v) is 5.50. The van der Waals surface area contributed by atoms with Gasteiger partial charge in [0.2, 0.25) is 0 Å². The maximum atomic E-state index is 9.36. The molecule has 0 saturated carbocycles. The van der Waals surface area contributed by atoms with Gasteiger partial charge in [-0.2, -0.15) is 0 Å². The van der Waals surface area contributed by atoms with Crippen LogP contribution in [0.25, 0.3) is 0 Å². The molecular formula is C11H15NOS. The van der Waals surface area contributed by atoms with Crippen molar-refractivity contribution in [3.05, 3.63) is 18.2 Å². The summed E-state index contributed by atoms with van der Waals surface area (Å²) < 4.78 is 0. The first-order valence-corrected chi connectivity index (χ1v) is 5.75. The number of phenols is 1. The second-order valence-electron chi connectivity index (χ2n) is 4.49. The first-order valence-electron chi connectivity index (χ1n) is 4.77. The molecular weight excluding hydrogens is 194 g/mol. The topological polar surface area (TPSA) is 32.3 Å². The van der Waals surface area contributed by atoms with E-state index in [1.165, 1.54) is 4.90 Å². The van der Waals surface area contributed by atoms with E-state index in [0.29, 0.717) is 11.2 Å². The summed E-state index contributed by atoms with van der Waals surface area (Å²) in [5.41, 5.74) is 1.36. The molecule has 0 bridgehead atoms. The third-order valence-corrected chi connectivity index (χ3v) is 3.93. The van der Waals surface area contributed by atoms with Gasteiger partial charge >= 0.3 is 0 Å². The van der Waals surface area contributed by atoms with E-state index in [4.69, 9.17) is 0 Å². The molecule has 76 valence electrons. The van der Waals surface area contributed by atoms with Gasteiger partial charge in [0.15, 0.2) is 0 Å². The normalized spacial score (nSPS) is 19.3. The predicted octanol–water partition coefficient (Wildman–Crippen LogP) is 2.94. The highest BCUT2D eigenvalue weighted by Crippen LogP contribution is 2.37. The molecule has 1 aromatic carbocycles. The molecule has 0 atom stereocenters. The molecule has 0 saturated heterocycles. The first kappa shape index (κ1) is 9.71. The molecule has 0 radical (unpaired) electrons. The summed E-state index contributed by atoms with van der Waals surface area (Å²) in [6.45, 7) is 5.45. The number of fused-ring (bicyclic) bond motifs is 1. The van der Waals surface area contributed by atoms with Crippen molar-refractivity contribution in [1.82, 2.24) is 0 Å². The number of aromatic hydroxyl groups is 1. The fourth-order valence-electron chi connectivity index (χ4n) is 1.44. The number of anilines is 1. The molecule has 2 nitrogen and oxygen atoms in total. The highest BCUT2D eigenvalue weighted by atomic mass is 32.2. The van der Waals surface area contributed by atoms with Gasteiger partial charge in [-0.15, -0.1) is 11.8 Å². The number of phenolic OH excluding ortho intramolecular Hbond substituents is 1. The van der Waals surface area contributed by atoms with Gasteiger partial charge in [0.05, 0.1) is 5.69 Å². The van der Waals surface area contributed by atoms with Gasteiger partial charge in [-0.1, -0.05) is 13.8 Å². The molecule has 0 spiro atoms. The maximum Gasteiger partial charge on any atom is 0.117 e. The Bertz CT molecular complexity index is 349. The number of nitrogens with one attached hydrogen (secondary N) is 1. The zero-order chi connectivity index (χ0) is 10.2. The van der Waals surface area contributed by atoms with E-state index in [2.05, 4.69) is 19.2 Å². The van der Waals surface area contributed by atoms with Crippen molar-refractivity contribution in [2.75, 3.05) is 17.6 Å². The minimum Gasteiger partial charge on any atom is -0.508 e. The lowest BCUT2D eigenvalue weighted by molar-refractivity contribution is 0.455. The van der Waals surface area contributed by atoms with Crippen LogP contribution in [0.2, 0.25) is 0 Å². The van der Waals surface area contributed by atoms with Gasteiger partial charge < -0.3 is 10.4 Å². The first-order chi connectivity index (χ1) is 6.57. The Morgan fingerprint density at radius 1 is 1.43 bits per heavy atom. The lowest BCUT2D eigenvalue weighted by atomic mass is 9.96. The van der Waals surface area contributed by atoms with E-state index >= 15 is 0 Å². The minimum absolute atomic E-state index is 0.305. The van der Waals surface area contributed by atoms with Crippen molar-refractivity contribution in [3.8, 4) is 5.75 Å². The molecule has 3 heteroatoms. The van der Waals surface area contributed by atoms with Gasteiger partial charge in [-0.05, 0) is 17.5 Å². The van der Waals surface area contributed by atoms with Crippen molar-refractivity contribution in [2.45, 2.75) is 18.7 Å². The van der Waals surface area contributed by atoms with Gasteiger partial charge in [0, 0.05) is 23.3 Å². The number of hydrogen-bond donors (Lipinski definition) is 2. The molecule has 0 amide bonds. The second kappa shape index (κ2) is 3.39. The number of thioether (sulfide) groups is 1. The van der Waals surface area contributed by atoms with Crippen LogP contribution in [0.3, 0.4) is 0 Å². The van der Waals surface area contributed by atoms with Crippen LogP contribution in [0.1, 0.15) is 13.8 Å². The van der Waals surface area contributed by atoms with E-state index in [1.54, 1.807) is 12.1 Å². The maximum absolute atomic E-state index is 9.36. The van der Waals surface area contributed by atoms with Crippen LogP contribution >= 0.6 is 11.8 Å². The summed E-state index contributed by atoms with van der Waals surface area (Å²) in [5.74, 6) is 1.44. The Kier molecular flexibility index (Phi) is 2.35. The molecule has 0 aliphatic carbocycles. The molecule has 0 fully saturated rings. The molecule has 2 rings (SSSR count). The average molecular weight is 209 g/mol. The molecule has 0 unspecified atom stereocenters. The van der Waals surface area contributed by atoms with Crippen molar-refractivity contribution in [2.24, 2.45) is 5.41 Å². The summed E-state index contributed by atoms with van der Waals surface area (Å²) in [7, 11) is 0. The highest BCUT2D eigenvalue weighted by molar-refractivity contribution is 7.99. The quantitative estimate of drug-likeness (QED) is 0.689. The van der Waals surface area contributed by atoms with E-state index < -0.39 is 0 Å². The Labute approximate surface area is 88.7 Å². The Morgan fingerprint density at radius 2 is 2.21 bits per heavy atom. The molecule has 14 heavy (non-hydrogen) atoms. The molecule has 2 N–H and O–H groups in total. The third-order valence-electron chi connectivity index (χ3n) is 2.34. The number of benzene rings is 1. The lowest BCUT2D eigenvalue weighted by Crippen LogP contribution is -2.23. The largest absolute Gasteiger partial charge is 0.508 e. The summed E-state index contributed by atoms with van der Waals surface area (Å²) in [6, 6.07) is 5.51. The van der Waals surface area contributed by atoms with Crippen LogP contribution in [0.4, 0.5) is 5.69 Å². The number of hydrogen-bond acceptors (Lipinski definition) is 3. The van der Waals surface area contributed by atoms with E-state index in [-0.39, 0.29) is 0 Å². The summed E-state index contributed by atoms with van der Waals surface area (Å²) in [5, 5.41) is 12.7. The molecule has 1 aliphatic rings. The van der Waals surface area contributed by atoms with Gasteiger partial charge in [-0.25, -0.2) is 0 Å². The molecule has 1 aliphatic heterocycles. The van der Waals surface area contributed by atoms with Crippen LogP contribution < -0.4 is 5.32 Å². The fourth-order valence-corrected chi connectivity index (χ4v) is 2.54. The monoisotopic (exact) mass is 209 g/mol. The standard InChI is InChI=1S/C11H15NOS/c1-11(2)6-12-9-5-8(13)3-4-10(9)14-7-11/h3-5,12-13H,6-7H2,1-2H3. The Morgan fingerprint density at radius 3 is 3.00 bits per heavy atom. The SMILES string of the molecule is CC1(C)CNc2cc(O)ccc2SC1. The minimum atomic E-state index is 0.305. The zero-order valence-electron chi connectivity index (χ0n) is 8.50. The number of rotatable bonds is 0. The van der Waals surface area contributed by atoms with E-state index in [9.17, 15) is 5.11 Å². The van der Waals surface area contributed by atoms with Crippen LogP contribution in [0.15, 0.2) is 23.1 Å². The zero-order valence-corrected chi connectivity index (χ0v) is 9.32. The van der Waals surface area contributed by atoms with Gasteiger partial charge in [0.25, 0.3) is 0 Å². The Hall–Kier alpha value is -0.830. The van der Waals surface area contributed by atoms with Crippen LogP contribution in [0.5, 0.6) is 5.75 Å². The van der Waals surface area contributed by atoms with Gasteiger partial charge in [0.1, 0.15) is 5.75 Å². The van der Waals surface area contributed by atoms with Crippen LogP contribution in [-0.2, 0) is 0 Å². The molecule has 0 aromatic heterocycles.